The number of hydrogen-bond acceptors (Lipinski definition) is 3. The number of aryl methyl sites for hydroxylation is 2. The highest BCUT2D eigenvalue weighted by Gasteiger charge is 2.59. The molecule has 0 saturated carbocycles. The first-order valence-corrected chi connectivity index (χ1v) is 12.5. The van der Waals surface area contributed by atoms with E-state index in [0.29, 0.717) is 24.9 Å². The van der Waals surface area contributed by atoms with E-state index in [1.807, 2.05) is 30.3 Å². The van der Waals surface area contributed by atoms with Gasteiger partial charge in [-0.05, 0) is 61.4 Å². The lowest BCUT2D eigenvalue weighted by atomic mass is 9.94. The maximum atomic E-state index is 14.3. The smallest absolute Gasteiger partial charge is 0.326 e. The van der Waals surface area contributed by atoms with Crippen LogP contribution >= 0.6 is 8.25 Å². The van der Waals surface area contributed by atoms with Crippen LogP contribution in [0.15, 0.2) is 48.5 Å². The normalized spacial score (nSPS) is 13.2. The summed E-state index contributed by atoms with van der Waals surface area (Å²) in [5.41, 5.74) is 0.541. The molecule has 0 aliphatic heterocycles. The third-order valence-electron chi connectivity index (χ3n) is 5.43. The van der Waals surface area contributed by atoms with E-state index in [1.165, 1.54) is 11.6 Å². The molecule has 0 spiro atoms. The van der Waals surface area contributed by atoms with Crippen LogP contribution in [0.2, 0.25) is 0 Å². The Morgan fingerprint density at radius 1 is 0.853 bits per heavy atom. The van der Waals surface area contributed by atoms with Crippen molar-refractivity contribution in [2.24, 2.45) is 0 Å². The minimum Gasteiger partial charge on any atom is -0.326 e. The van der Waals surface area contributed by atoms with E-state index in [4.69, 9.17) is 4.89 Å². The third-order valence-corrected chi connectivity index (χ3v) is 5.88. The summed E-state index contributed by atoms with van der Waals surface area (Å²) in [5, 5.41) is 2.91. The van der Waals surface area contributed by atoms with Crippen LogP contribution in [0.4, 0.5) is 22.0 Å². The van der Waals surface area contributed by atoms with Crippen LogP contribution in [0.5, 0.6) is 0 Å². The summed E-state index contributed by atoms with van der Waals surface area (Å²) in [6.07, 6.45) is -1.15. The molecule has 0 aliphatic rings. The molecule has 0 fully saturated rings. The Bertz CT molecular complexity index is 894. The molecule has 190 valence electrons. The Labute approximate surface area is 197 Å². The first kappa shape index (κ1) is 28.4. The average molecular weight is 507 g/mol. The van der Waals surface area contributed by atoms with E-state index in [1.54, 1.807) is 6.07 Å². The van der Waals surface area contributed by atoms with Gasteiger partial charge in [-0.2, -0.15) is 22.0 Å². The maximum absolute atomic E-state index is 14.3. The minimum atomic E-state index is -5.68. The summed E-state index contributed by atoms with van der Waals surface area (Å²) in [6, 6.07) is 13.8. The molecule has 1 atom stereocenters. The van der Waals surface area contributed by atoms with Crippen molar-refractivity contribution in [3.8, 4) is 0 Å². The molecular formula is C24H31F5NO3P. The van der Waals surface area contributed by atoms with E-state index < -0.39 is 25.9 Å². The lowest BCUT2D eigenvalue weighted by Gasteiger charge is -2.23. The second-order valence-corrected chi connectivity index (χ2v) is 8.93. The van der Waals surface area contributed by atoms with Gasteiger partial charge in [0.15, 0.2) is 0 Å². The third kappa shape index (κ3) is 9.45. The van der Waals surface area contributed by atoms with Crippen molar-refractivity contribution in [2.75, 3.05) is 13.2 Å². The fourth-order valence-electron chi connectivity index (χ4n) is 3.63. The Hall–Kier alpha value is -1.80. The van der Waals surface area contributed by atoms with Gasteiger partial charge in [0.2, 0.25) is 0 Å². The van der Waals surface area contributed by atoms with E-state index in [2.05, 4.69) is 9.84 Å². The van der Waals surface area contributed by atoms with E-state index in [0.717, 1.165) is 31.7 Å². The van der Waals surface area contributed by atoms with Crippen molar-refractivity contribution >= 4 is 8.25 Å². The monoisotopic (exact) mass is 507 g/mol. The van der Waals surface area contributed by atoms with Crippen molar-refractivity contribution in [2.45, 2.75) is 63.6 Å². The molecule has 0 amide bonds. The molecule has 1 unspecified atom stereocenters. The molecule has 0 bridgehead atoms. The summed E-state index contributed by atoms with van der Waals surface area (Å²) in [6.45, 7) is 0.489. The second-order valence-electron chi connectivity index (χ2n) is 8.11. The molecule has 4 nitrogen and oxygen atoms in total. The molecule has 2 aromatic carbocycles. The quantitative estimate of drug-likeness (QED) is 0.163. The number of nitrogens with one attached hydrogen (secondary N) is 1. The molecule has 34 heavy (non-hydrogen) atoms. The first-order valence-electron chi connectivity index (χ1n) is 11.3. The summed E-state index contributed by atoms with van der Waals surface area (Å²) in [5.74, 6) is -4.94. The Balaban J connectivity index is 1.92. The van der Waals surface area contributed by atoms with Crippen molar-refractivity contribution in [3.05, 3.63) is 70.8 Å². The number of rotatable bonds is 15. The molecule has 0 radical (unpaired) electrons. The van der Waals surface area contributed by atoms with Gasteiger partial charge < -0.3 is 14.7 Å². The van der Waals surface area contributed by atoms with Gasteiger partial charge in [-0.1, -0.05) is 55.3 Å². The summed E-state index contributed by atoms with van der Waals surface area (Å²) >= 11 is 0. The van der Waals surface area contributed by atoms with Crippen LogP contribution < -0.4 is 5.32 Å². The molecule has 10 heteroatoms. The predicted octanol–water partition coefficient (Wildman–Crippen LogP) is 6.56. The first-order chi connectivity index (χ1) is 16.1. The number of benzene rings is 2. The number of unbranched alkanes of at least 4 members (excludes halogenated alkanes) is 3. The minimum absolute atomic E-state index is 0.00982. The van der Waals surface area contributed by atoms with Crippen LogP contribution in [0, 0.1) is 0 Å². The van der Waals surface area contributed by atoms with Gasteiger partial charge in [0.1, 0.15) is 0 Å². The number of hydrogen-bond donors (Lipinski definition) is 2. The molecular weight excluding hydrogens is 476 g/mol. The highest BCUT2D eigenvalue weighted by molar-refractivity contribution is 7.32. The molecule has 0 aromatic heterocycles. The zero-order chi connectivity index (χ0) is 25.0. The molecule has 0 aliphatic carbocycles. The van der Waals surface area contributed by atoms with Crippen LogP contribution in [0.3, 0.4) is 0 Å². The van der Waals surface area contributed by atoms with Crippen LogP contribution in [0.25, 0.3) is 0 Å². The molecule has 0 saturated heterocycles. The zero-order valence-electron chi connectivity index (χ0n) is 18.8. The highest BCUT2D eigenvalue weighted by atomic mass is 31.1. The van der Waals surface area contributed by atoms with Gasteiger partial charge in [-0.3, -0.25) is 4.57 Å². The number of halogens is 5. The van der Waals surface area contributed by atoms with Crippen molar-refractivity contribution in [1.82, 2.24) is 5.32 Å². The Morgan fingerprint density at radius 3 is 2.18 bits per heavy atom. The highest BCUT2D eigenvalue weighted by Crippen LogP contribution is 2.45. The fourth-order valence-corrected chi connectivity index (χ4v) is 3.95. The van der Waals surface area contributed by atoms with Crippen LogP contribution in [-0.4, -0.2) is 24.2 Å². The maximum Gasteiger partial charge on any atom is 0.458 e. The van der Waals surface area contributed by atoms with Gasteiger partial charge in [-0.15, -0.1) is 0 Å². The molecule has 2 rings (SSSR count). The van der Waals surface area contributed by atoms with Crippen molar-refractivity contribution < 1.29 is 35.9 Å². The molecule has 0 heterocycles. The summed E-state index contributed by atoms with van der Waals surface area (Å²) < 4.78 is 82.9. The van der Waals surface area contributed by atoms with Crippen molar-refractivity contribution in [1.29, 1.82) is 0 Å². The van der Waals surface area contributed by atoms with Crippen LogP contribution in [-0.2, 0) is 34.4 Å². The lowest BCUT2D eigenvalue weighted by Crippen LogP contribution is -2.35. The van der Waals surface area contributed by atoms with Gasteiger partial charge in [0, 0.05) is 12.1 Å². The van der Waals surface area contributed by atoms with E-state index in [9.17, 15) is 26.5 Å². The summed E-state index contributed by atoms with van der Waals surface area (Å²) in [4.78, 5) is 8.58. The topological polar surface area (TPSA) is 58.6 Å². The van der Waals surface area contributed by atoms with Gasteiger partial charge in [-0.25, -0.2) is 0 Å². The van der Waals surface area contributed by atoms with Gasteiger partial charge >= 0.3 is 20.4 Å². The Kier molecular flexibility index (Phi) is 11.6. The zero-order valence-corrected chi connectivity index (χ0v) is 19.8. The standard InChI is InChI=1S/C24H31F5NO3P/c25-23(26,24(27,28)29)22-17-20(18-30-15-8-16-33-34(31)32)13-14-21(22)12-7-2-1-4-9-19-10-5-3-6-11-19/h3,5-6,10-11,13-14,17,30,34H,1-2,4,7-9,12,15-16,18H2,(H,31,32). The predicted molar refractivity (Wildman–Crippen MR) is 122 cm³/mol. The average Bonchev–Trinajstić information content (AvgIpc) is 2.78. The SMILES string of the molecule is O=[PH](O)OCCCNCc1ccc(CCCCCCc2ccccc2)c(C(F)(F)C(F)(F)F)c1. The van der Waals surface area contributed by atoms with E-state index >= 15 is 0 Å². The van der Waals surface area contributed by atoms with Crippen molar-refractivity contribution in [3.63, 3.8) is 0 Å². The second kappa shape index (κ2) is 13.9. The fraction of sp³-hybridized carbons (Fsp3) is 0.500. The lowest BCUT2D eigenvalue weighted by molar-refractivity contribution is -0.289. The summed E-state index contributed by atoms with van der Waals surface area (Å²) in [7, 11) is -3.01. The van der Waals surface area contributed by atoms with Gasteiger partial charge in [0.05, 0.1) is 6.61 Å². The number of alkyl halides is 5. The van der Waals surface area contributed by atoms with Crippen LogP contribution in [0.1, 0.15) is 54.4 Å². The molecule has 2 aromatic rings. The molecule has 2 N–H and O–H groups in total. The van der Waals surface area contributed by atoms with E-state index in [-0.39, 0.29) is 25.1 Å². The largest absolute Gasteiger partial charge is 0.458 e. The Morgan fingerprint density at radius 2 is 1.53 bits per heavy atom. The van der Waals surface area contributed by atoms with Gasteiger partial charge in [0.25, 0.3) is 0 Å².